The second kappa shape index (κ2) is 10.3. The zero-order valence-corrected chi connectivity index (χ0v) is 24.4. The van der Waals surface area contributed by atoms with Crippen LogP contribution in [0.25, 0.3) is 11.6 Å². The van der Waals surface area contributed by atoms with Gasteiger partial charge in [-0.15, -0.1) is 0 Å². The Morgan fingerprint density at radius 2 is 1.76 bits per heavy atom. The number of hydrogen-bond donors (Lipinski definition) is 0. The third-order valence-corrected chi connectivity index (χ3v) is 8.58. The summed E-state index contributed by atoms with van der Waals surface area (Å²) in [5.41, 5.74) is 7.95. The number of aliphatic imine (C=N–C) groups is 1. The van der Waals surface area contributed by atoms with E-state index in [2.05, 4.69) is 81.7 Å². The lowest BCUT2D eigenvalue weighted by molar-refractivity contribution is -0.121. The molecule has 0 aromatic heterocycles. The van der Waals surface area contributed by atoms with Crippen molar-refractivity contribution < 1.29 is 9.53 Å². The van der Waals surface area contributed by atoms with E-state index in [0.717, 1.165) is 43.1 Å². The molecule has 6 nitrogen and oxygen atoms in total. The number of carbonyl (C=O) groups excluding carboxylic acids is 1. The normalized spacial score (nSPS) is 21.5. The van der Waals surface area contributed by atoms with Gasteiger partial charge in [-0.2, -0.15) is 0 Å². The molecule has 0 N–H and O–H groups in total. The predicted molar refractivity (Wildman–Crippen MR) is 161 cm³/mol. The Hall–Kier alpha value is -3.03. The molecule has 0 saturated carbocycles. The van der Waals surface area contributed by atoms with Gasteiger partial charge in [0.2, 0.25) is 0 Å². The summed E-state index contributed by atoms with van der Waals surface area (Å²) in [7, 11) is 1.80. The molecule has 7 heteroatoms. The van der Waals surface area contributed by atoms with E-state index in [4.69, 9.17) is 9.73 Å². The molecule has 3 aliphatic rings. The first-order valence-electron chi connectivity index (χ1n) is 13.4. The molecule has 2 fully saturated rings. The summed E-state index contributed by atoms with van der Waals surface area (Å²) in [6, 6.07) is 13.1. The van der Waals surface area contributed by atoms with E-state index in [1.165, 1.54) is 34.3 Å². The fourth-order valence-corrected chi connectivity index (χ4v) is 6.75. The highest BCUT2D eigenvalue weighted by Crippen LogP contribution is 2.42. The van der Waals surface area contributed by atoms with Crippen LogP contribution in [0.3, 0.4) is 0 Å². The molecule has 0 atom stereocenters. The average molecular weight is 531 g/mol. The maximum Gasteiger partial charge on any atom is 0.266 e. The molecule has 3 aliphatic heterocycles. The lowest BCUT2D eigenvalue weighted by Gasteiger charge is -2.46. The number of amides is 1. The molecule has 3 heterocycles. The summed E-state index contributed by atoms with van der Waals surface area (Å²) in [5, 5.41) is 0.694. The second-order valence-electron chi connectivity index (χ2n) is 11.2. The number of rotatable bonds is 4. The molecular formula is C31H38N4O2S. The van der Waals surface area contributed by atoms with Gasteiger partial charge in [0.25, 0.3) is 5.91 Å². The topological polar surface area (TPSA) is 48.4 Å². The predicted octanol–water partition coefficient (Wildman–Crippen LogP) is 6.48. The minimum atomic E-state index is -0.0522. The van der Waals surface area contributed by atoms with Gasteiger partial charge in [-0.1, -0.05) is 6.08 Å². The first-order chi connectivity index (χ1) is 18.0. The minimum absolute atomic E-state index is 0.0204. The number of nitrogens with zero attached hydrogens (tertiary/aromatic N) is 4. The maximum absolute atomic E-state index is 13.2. The van der Waals surface area contributed by atoms with Crippen LogP contribution in [0, 0.1) is 6.92 Å². The van der Waals surface area contributed by atoms with E-state index in [1.807, 2.05) is 18.2 Å². The van der Waals surface area contributed by atoms with Gasteiger partial charge in [-0.3, -0.25) is 9.69 Å². The molecule has 0 radical (unpaired) electrons. The summed E-state index contributed by atoms with van der Waals surface area (Å²) in [6.45, 7) is 16.7. The van der Waals surface area contributed by atoms with Crippen LogP contribution in [0.15, 0.2) is 52.4 Å². The Labute approximate surface area is 231 Å². The molecule has 38 heavy (non-hydrogen) atoms. The van der Waals surface area contributed by atoms with Crippen molar-refractivity contribution in [3.8, 4) is 0 Å². The summed E-state index contributed by atoms with van der Waals surface area (Å²) >= 11 is 1.44. The first-order valence-corrected chi connectivity index (χ1v) is 14.2. The van der Waals surface area contributed by atoms with E-state index in [0.29, 0.717) is 16.1 Å². The van der Waals surface area contributed by atoms with E-state index < -0.39 is 0 Å². The smallest absolute Gasteiger partial charge is 0.266 e. The molecule has 5 rings (SSSR count). The Bertz CT molecular complexity index is 1330. The van der Waals surface area contributed by atoms with Gasteiger partial charge < -0.3 is 14.5 Å². The van der Waals surface area contributed by atoms with Gasteiger partial charge in [0.1, 0.15) is 0 Å². The van der Waals surface area contributed by atoms with Crippen LogP contribution >= 0.6 is 11.8 Å². The lowest BCUT2D eigenvalue weighted by atomic mass is 9.86. The van der Waals surface area contributed by atoms with Gasteiger partial charge in [0.15, 0.2) is 5.17 Å². The van der Waals surface area contributed by atoms with Crippen LogP contribution in [0.1, 0.15) is 51.3 Å². The van der Waals surface area contributed by atoms with Crippen LogP contribution in [0.5, 0.6) is 0 Å². The zero-order valence-electron chi connectivity index (χ0n) is 23.5. The average Bonchev–Trinajstić information content (AvgIpc) is 3.13. The number of carbonyl (C=O) groups is 1. The SMILES string of the molecule is CC1=CC(C)(C)N(C(C)C)c2cc(C)c(/C=C3\SC(=Nc4ccc(N5CCOCC5)cc4)N(C)C3=O)cc21. The Kier molecular flexibility index (Phi) is 7.18. The highest BCUT2D eigenvalue weighted by Gasteiger charge is 2.34. The van der Waals surface area contributed by atoms with Crippen LogP contribution in [0.4, 0.5) is 17.1 Å². The molecule has 1 amide bonds. The number of morpholine rings is 1. The standard InChI is InChI=1S/C31H38N4O2S/c1-20(2)35-27-16-21(3)23(17-26(27)22(4)19-31(35,5)6)18-28-29(36)33(7)30(38-28)32-24-8-10-25(11-9-24)34-12-14-37-15-13-34/h8-11,16-20H,12-15H2,1-7H3/b28-18-,32-30?. The van der Waals surface area contributed by atoms with Gasteiger partial charge in [0.05, 0.1) is 29.3 Å². The molecule has 200 valence electrons. The third kappa shape index (κ3) is 5.02. The van der Waals surface area contributed by atoms with Crippen molar-refractivity contribution in [1.29, 1.82) is 0 Å². The van der Waals surface area contributed by atoms with Crippen molar-refractivity contribution in [1.82, 2.24) is 4.90 Å². The van der Waals surface area contributed by atoms with E-state index in [1.54, 1.807) is 11.9 Å². The monoisotopic (exact) mass is 530 g/mol. The fraction of sp³-hybridized carbons (Fsp3) is 0.419. The number of thioether (sulfide) groups is 1. The number of fused-ring (bicyclic) bond motifs is 1. The zero-order chi connectivity index (χ0) is 27.2. The van der Waals surface area contributed by atoms with Crippen LogP contribution in [-0.4, -0.2) is 60.9 Å². The number of anilines is 2. The molecule has 0 bridgehead atoms. The number of amidine groups is 1. The number of benzene rings is 2. The Balaban J connectivity index is 1.42. The number of allylic oxidation sites excluding steroid dienone is 1. The van der Waals surface area contributed by atoms with E-state index in [-0.39, 0.29) is 11.4 Å². The molecule has 0 spiro atoms. The van der Waals surface area contributed by atoms with E-state index >= 15 is 0 Å². The first kappa shape index (κ1) is 26.6. The molecule has 0 unspecified atom stereocenters. The molecular weight excluding hydrogens is 492 g/mol. The van der Waals surface area contributed by atoms with Gasteiger partial charge in [-0.25, -0.2) is 4.99 Å². The van der Waals surface area contributed by atoms with Crippen LogP contribution in [-0.2, 0) is 9.53 Å². The number of aryl methyl sites for hydroxylation is 1. The maximum atomic E-state index is 13.2. The summed E-state index contributed by atoms with van der Waals surface area (Å²) in [5.74, 6) is -0.0204. The lowest BCUT2D eigenvalue weighted by Crippen LogP contribution is -2.49. The van der Waals surface area contributed by atoms with Gasteiger partial charge in [-0.05, 0) is 112 Å². The van der Waals surface area contributed by atoms with Crippen LogP contribution in [0.2, 0.25) is 0 Å². The summed E-state index contributed by atoms with van der Waals surface area (Å²) in [4.78, 5) is 25.1. The fourth-order valence-electron chi connectivity index (χ4n) is 5.77. The minimum Gasteiger partial charge on any atom is -0.378 e. The highest BCUT2D eigenvalue weighted by atomic mass is 32.2. The second-order valence-corrected chi connectivity index (χ2v) is 12.2. The number of hydrogen-bond acceptors (Lipinski definition) is 6. The molecule has 0 aliphatic carbocycles. The number of likely N-dealkylation sites (N-methyl/N-ethyl adjacent to an activating group) is 1. The van der Waals surface area contributed by atoms with Crippen molar-refractivity contribution in [2.45, 2.75) is 53.1 Å². The molecule has 2 aromatic carbocycles. The number of ether oxygens (including phenoxy) is 1. The highest BCUT2D eigenvalue weighted by molar-refractivity contribution is 8.18. The van der Waals surface area contributed by atoms with Crippen molar-refractivity contribution in [3.05, 3.63) is 64.1 Å². The molecule has 2 aromatic rings. The quantitative estimate of drug-likeness (QED) is 0.424. The third-order valence-electron chi connectivity index (χ3n) is 7.52. The largest absolute Gasteiger partial charge is 0.378 e. The van der Waals surface area contributed by atoms with Crippen molar-refractivity contribution >= 4 is 51.5 Å². The Morgan fingerprint density at radius 3 is 2.42 bits per heavy atom. The summed E-state index contributed by atoms with van der Waals surface area (Å²) < 4.78 is 5.46. The Morgan fingerprint density at radius 1 is 1.08 bits per heavy atom. The molecule has 2 saturated heterocycles. The van der Waals surface area contributed by atoms with Gasteiger partial charge in [0, 0.05) is 43.1 Å². The van der Waals surface area contributed by atoms with Crippen molar-refractivity contribution in [2.75, 3.05) is 43.2 Å². The van der Waals surface area contributed by atoms with Crippen molar-refractivity contribution in [2.24, 2.45) is 4.99 Å². The van der Waals surface area contributed by atoms with Crippen molar-refractivity contribution in [3.63, 3.8) is 0 Å². The van der Waals surface area contributed by atoms with Crippen LogP contribution < -0.4 is 9.80 Å². The summed E-state index contributed by atoms with van der Waals surface area (Å²) in [6.07, 6.45) is 4.37. The van der Waals surface area contributed by atoms with Gasteiger partial charge >= 0.3 is 0 Å². The van der Waals surface area contributed by atoms with E-state index in [9.17, 15) is 4.79 Å².